The van der Waals surface area contributed by atoms with E-state index >= 15 is 0 Å². The normalized spacial score (nSPS) is 15.1. The monoisotopic (exact) mass is 269 g/mol. The van der Waals surface area contributed by atoms with E-state index in [9.17, 15) is 4.91 Å². The van der Waals surface area contributed by atoms with E-state index in [1.54, 1.807) is 12.4 Å². The van der Waals surface area contributed by atoms with Crippen LogP contribution in [0.15, 0.2) is 47.9 Å². The van der Waals surface area contributed by atoms with Crippen molar-refractivity contribution in [3.8, 4) is 11.1 Å². The first-order valence-corrected chi connectivity index (χ1v) is 6.59. The Morgan fingerprint density at radius 1 is 1.15 bits per heavy atom. The number of pyridine rings is 1. The lowest BCUT2D eigenvalue weighted by Gasteiger charge is -2.29. The first-order valence-electron chi connectivity index (χ1n) is 6.59. The summed E-state index contributed by atoms with van der Waals surface area (Å²) in [6.07, 6.45) is 3.50. The topological polar surface area (TPSA) is 54.8 Å². The van der Waals surface area contributed by atoms with Crippen LogP contribution in [0, 0.1) is 4.91 Å². The van der Waals surface area contributed by atoms with Crippen molar-refractivity contribution >= 4 is 11.4 Å². The minimum atomic E-state index is 0.466. The van der Waals surface area contributed by atoms with Crippen molar-refractivity contribution in [3.63, 3.8) is 0 Å². The highest BCUT2D eigenvalue weighted by Crippen LogP contribution is 2.33. The number of rotatable bonds is 3. The Bertz CT molecular complexity index is 595. The highest BCUT2D eigenvalue weighted by atomic mass is 16.5. The number of aromatic nitrogens is 1. The van der Waals surface area contributed by atoms with Crippen LogP contribution in [-0.4, -0.2) is 31.3 Å². The molecule has 5 nitrogen and oxygen atoms in total. The zero-order valence-corrected chi connectivity index (χ0v) is 11.0. The number of ether oxygens (including phenoxy) is 1. The van der Waals surface area contributed by atoms with Gasteiger partial charge in [-0.3, -0.25) is 4.98 Å². The fourth-order valence-corrected chi connectivity index (χ4v) is 2.38. The lowest BCUT2D eigenvalue weighted by atomic mass is 10.1. The van der Waals surface area contributed by atoms with Crippen LogP contribution in [0.3, 0.4) is 0 Å². The van der Waals surface area contributed by atoms with Crippen molar-refractivity contribution in [1.29, 1.82) is 0 Å². The van der Waals surface area contributed by atoms with E-state index in [0.29, 0.717) is 18.9 Å². The van der Waals surface area contributed by atoms with E-state index in [2.05, 4.69) is 15.1 Å². The summed E-state index contributed by atoms with van der Waals surface area (Å²) >= 11 is 0. The van der Waals surface area contributed by atoms with Crippen molar-refractivity contribution < 1.29 is 4.74 Å². The first kappa shape index (κ1) is 12.7. The average molecular weight is 269 g/mol. The first-order chi connectivity index (χ1) is 9.88. The molecule has 0 atom stereocenters. The Balaban J connectivity index is 1.95. The van der Waals surface area contributed by atoms with Gasteiger partial charge in [-0.2, -0.15) is 0 Å². The van der Waals surface area contributed by atoms with Gasteiger partial charge < -0.3 is 9.64 Å². The molecule has 5 heteroatoms. The highest BCUT2D eigenvalue weighted by Gasteiger charge is 2.16. The number of hydrogen-bond acceptors (Lipinski definition) is 5. The second kappa shape index (κ2) is 5.79. The minimum Gasteiger partial charge on any atom is -0.378 e. The second-order valence-corrected chi connectivity index (χ2v) is 4.64. The maximum absolute atomic E-state index is 11.1. The van der Waals surface area contributed by atoms with Crippen molar-refractivity contribution in [2.24, 2.45) is 5.18 Å². The van der Waals surface area contributed by atoms with Crippen LogP contribution < -0.4 is 4.90 Å². The zero-order valence-electron chi connectivity index (χ0n) is 11.0. The Morgan fingerprint density at radius 3 is 2.70 bits per heavy atom. The van der Waals surface area contributed by atoms with Crippen LogP contribution in [0.1, 0.15) is 0 Å². The molecule has 20 heavy (non-hydrogen) atoms. The van der Waals surface area contributed by atoms with Crippen LogP contribution in [0.2, 0.25) is 0 Å². The van der Waals surface area contributed by atoms with Gasteiger partial charge in [0.1, 0.15) is 5.69 Å². The molecule has 1 aromatic heterocycles. The smallest absolute Gasteiger partial charge is 0.131 e. The molecule has 1 saturated heterocycles. The van der Waals surface area contributed by atoms with Crippen LogP contribution >= 0.6 is 0 Å². The molecule has 102 valence electrons. The van der Waals surface area contributed by atoms with Gasteiger partial charge >= 0.3 is 0 Å². The molecule has 0 saturated carbocycles. The summed E-state index contributed by atoms with van der Waals surface area (Å²) in [7, 11) is 0. The molecule has 1 fully saturated rings. The standard InChI is InChI=1S/C15H15N3O2/c19-17-14-10-12(13-2-1-5-16-11-13)3-4-15(14)18-6-8-20-9-7-18/h1-5,10-11H,6-9H2. The number of morpholine rings is 1. The summed E-state index contributed by atoms with van der Waals surface area (Å²) in [4.78, 5) is 17.4. The number of hydrogen-bond donors (Lipinski definition) is 0. The predicted octanol–water partition coefficient (Wildman–Crippen LogP) is 2.98. The van der Waals surface area contributed by atoms with Crippen molar-refractivity contribution in [2.45, 2.75) is 0 Å². The highest BCUT2D eigenvalue weighted by molar-refractivity contribution is 5.76. The van der Waals surface area contributed by atoms with E-state index in [1.165, 1.54) is 0 Å². The Hall–Kier alpha value is -2.27. The molecular formula is C15H15N3O2. The fraction of sp³-hybridized carbons (Fsp3) is 0.267. The van der Waals surface area contributed by atoms with Gasteiger partial charge in [0.25, 0.3) is 0 Å². The van der Waals surface area contributed by atoms with E-state index < -0.39 is 0 Å². The van der Waals surface area contributed by atoms with Gasteiger partial charge in [0, 0.05) is 31.0 Å². The average Bonchev–Trinajstić information content (AvgIpc) is 2.56. The molecule has 1 aliphatic heterocycles. The molecule has 1 aliphatic rings. The molecule has 0 N–H and O–H groups in total. The van der Waals surface area contributed by atoms with Gasteiger partial charge in [0.15, 0.2) is 0 Å². The summed E-state index contributed by atoms with van der Waals surface area (Å²) in [5.41, 5.74) is 3.26. The Labute approximate surface area is 117 Å². The molecule has 0 radical (unpaired) electrons. The SMILES string of the molecule is O=Nc1cc(-c2cccnc2)ccc1N1CCOCC1. The maximum Gasteiger partial charge on any atom is 0.131 e. The van der Waals surface area contributed by atoms with Crippen molar-refractivity contribution in [1.82, 2.24) is 4.98 Å². The molecular weight excluding hydrogens is 254 g/mol. The maximum atomic E-state index is 11.1. The van der Waals surface area contributed by atoms with Crippen LogP contribution in [0.4, 0.5) is 11.4 Å². The number of nitroso groups, excluding NO2 is 1. The molecule has 0 bridgehead atoms. The molecule has 2 aromatic rings. The lowest BCUT2D eigenvalue weighted by molar-refractivity contribution is 0.123. The summed E-state index contributed by atoms with van der Waals surface area (Å²) < 4.78 is 5.33. The molecule has 0 aliphatic carbocycles. The predicted molar refractivity (Wildman–Crippen MR) is 78.2 cm³/mol. The van der Waals surface area contributed by atoms with E-state index in [1.807, 2.05) is 30.3 Å². The third-order valence-electron chi connectivity index (χ3n) is 3.42. The zero-order chi connectivity index (χ0) is 13.8. The van der Waals surface area contributed by atoms with Crippen molar-refractivity contribution in [3.05, 3.63) is 47.6 Å². The van der Waals surface area contributed by atoms with E-state index in [0.717, 1.165) is 29.9 Å². The van der Waals surface area contributed by atoms with Gasteiger partial charge in [0.2, 0.25) is 0 Å². The summed E-state index contributed by atoms with van der Waals surface area (Å²) in [5.74, 6) is 0. The third kappa shape index (κ3) is 2.53. The summed E-state index contributed by atoms with van der Waals surface area (Å²) in [6.45, 7) is 2.94. The van der Waals surface area contributed by atoms with Gasteiger partial charge in [-0.1, -0.05) is 12.1 Å². The Morgan fingerprint density at radius 2 is 2.00 bits per heavy atom. The lowest BCUT2D eigenvalue weighted by Crippen LogP contribution is -2.36. The van der Waals surface area contributed by atoms with E-state index in [-0.39, 0.29) is 0 Å². The Kier molecular flexibility index (Phi) is 3.69. The molecule has 1 aromatic carbocycles. The van der Waals surface area contributed by atoms with E-state index in [4.69, 9.17) is 4.74 Å². The quantitative estimate of drug-likeness (QED) is 0.804. The van der Waals surface area contributed by atoms with Gasteiger partial charge in [-0.25, -0.2) is 0 Å². The molecule has 2 heterocycles. The number of benzene rings is 1. The van der Waals surface area contributed by atoms with Crippen LogP contribution in [0.25, 0.3) is 11.1 Å². The van der Waals surface area contributed by atoms with Gasteiger partial charge in [0.05, 0.1) is 18.9 Å². The molecule has 0 amide bonds. The summed E-state index contributed by atoms with van der Waals surface area (Å²) in [6, 6.07) is 9.60. The number of anilines is 1. The molecule has 3 rings (SSSR count). The minimum absolute atomic E-state index is 0.466. The molecule has 0 spiro atoms. The third-order valence-corrected chi connectivity index (χ3v) is 3.42. The van der Waals surface area contributed by atoms with Crippen LogP contribution in [0.5, 0.6) is 0 Å². The van der Waals surface area contributed by atoms with Gasteiger partial charge in [-0.05, 0) is 28.9 Å². The number of nitrogens with zero attached hydrogens (tertiary/aromatic N) is 3. The van der Waals surface area contributed by atoms with Crippen molar-refractivity contribution in [2.75, 3.05) is 31.2 Å². The molecule has 0 unspecified atom stereocenters. The fourth-order valence-electron chi connectivity index (χ4n) is 2.38. The largest absolute Gasteiger partial charge is 0.378 e. The van der Waals surface area contributed by atoms with Crippen LogP contribution in [-0.2, 0) is 4.74 Å². The van der Waals surface area contributed by atoms with Gasteiger partial charge in [-0.15, -0.1) is 4.91 Å². The second-order valence-electron chi connectivity index (χ2n) is 4.64. The summed E-state index contributed by atoms with van der Waals surface area (Å²) in [5, 5.41) is 3.18.